The van der Waals surface area contributed by atoms with Crippen LogP contribution in [0.15, 0.2) is 18.2 Å². The summed E-state index contributed by atoms with van der Waals surface area (Å²) in [4.78, 5) is 25.3. The number of hydrogen-bond acceptors (Lipinski definition) is 3. The Morgan fingerprint density at radius 3 is 2.55 bits per heavy atom. The second kappa shape index (κ2) is 6.93. The Kier molecular flexibility index (Phi) is 5.55. The van der Waals surface area contributed by atoms with Crippen molar-refractivity contribution >= 4 is 17.5 Å². The number of likely N-dealkylation sites (N-methyl/N-ethyl adjacent to an activating group) is 1. The maximum Gasteiger partial charge on any atom is 0.254 e. The average molecular weight is 277 g/mol. The average Bonchev–Trinajstić information content (AvgIpc) is 2.38. The van der Waals surface area contributed by atoms with Crippen molar-refractivity contribution < 1.29 is 9.59 Å². The highest BCUT2D eigenvalue weighted by Gasteiger charge is 2.15. The number of anilines is 1. The molecule has 0 bridgehead atoms. The first-order chi connectivity index (χ1) is 9.31. The van der Waals surface area contributed by atoms with Gasteiger partial charge in [-0.1, -0.05) is 13.8 Å². The van der Waals surface area contributed by atoms with Crippen LogP contribution in [0.1, 0.15) is 29.8 Å². The lowest BCUT2D eigenvalue weighted by atomic mass is 10.1. The maximum atomic E-state index is 12.2. The minimum atomic E-state index is -0.187. The second-order valence-corrected chi connectivity index (χ2v) is 5.43. The van der Waals surface area contributed by atoms with Gasteiger partial charge in [0.15, 0.2) is 0 Å². The molecule has 0 spiro atoms. The van der Waals surface area contributed by atoms with E-state index in [0.717, 1.165) is 5.56 Å². The molecule has 0 aliphatic heterocycles. The van der Waals surface area contributed by atoms with Crippen LogP contribution in [0.2, 0.25) is 0 Å². The predicted molar refractivity (Wildman–Crippen MR) is 80.4 cm³/mol. The zero-order chi connectivity index (χ0) is 15.3. The smallest absolute Gasteiger partial charge is 0.254 e. The molecule has 0 heterocycles. The first-order valence-electron chi connectivity index (χ1n) is 6.69. The number of rotatable bonds is 5. The molecule has 2 amide bonds. The molecular weight excluding hydrogens is 254 g/mol. The second-order valence-electron chi connectivity index (χ2n) is 5.43. The lowest BCUT2D eigenvalue weighted by Gasteiger charge is -2.18. The summed E-state index contributed by atoms with van der Waals surface area (Å²) in [6.45, 7) is 6.55. The Labute approximate surface area is 120 Å². The molecule has 0 atom stereocenters. The van der Waals surface area contributed by atoms with Crippen molar-refractivity contribution in [1.82, 2.24) is 10.2 Å². The van der Waals surface area contributed by atoms with Crippen molar-refractivity contribution in [1.29, 1.82) is 0 Å². The highest BCUT2D eigenvalue weighted by atomic mass is 16.2. The van der Waals surface area contributed by atoms with E-state index in [2.05, 4.69) is 5.32 Å². The van der Waals surface area contributed by atoms with Crippen LogP contribution in [0.4, 0.5) is 5.69 Å². The number of aryl methyl sites for hydroxylation is 1. The molecule has 1 aromatic rings. The first-order valence-corrected chi connectivity index (χ1v) is 6.69. The lowest BCUT2D eigenvalue weighted by Crippen LogP contribution is -2.39. The van der Waals surface area contributed by atoms with Crippen LogP contribution in [0.5, 0.6) is 0 Å². The van der Waals surface area contributed by atoms with Gasteiger partial charge in [0.25, 0.3) is 5.91 Å². The van der Waals surface area contributed by atoms with Crippen molar-refractivity contribution in [3.05, 3.63) is 29.3 Å². The molecule has 0 radical (unpaired) electrons. The Morgan fingerprint density at radius 2 is 2.00 bits per heavy atom. The molecule has 1 rings (SSSR count). The molecule has 0 saturated carbocycles. The predicted octanol–water partition coefficient (Wildman–Crippen LogP) is 1.42. The van der Waals surface area contributed by atoms with Gasteiger partial charge in [0, 0.05) is 24.8 Å². The van der Waals surface area contributed by atoms with Crippen LogP contribution in [0.25, 0.3) is 0 Å². The minimum absolute atomic E-state index is 0.0506. The van der Waals surface area contributed by atoms with E-state index in [9.17, 15) is 9.59 Å². The van der Waals surface area contributed by atoms with E-state index in [4.69, 9.17) is 5.73 Å². The molecule has 5 nitrogen and oxygen atoms in total. The number of hydrogen-bond donors (Lipinski definition) is 2. The summed E-state index contributed by atoms with van der Waals surface area (Å²) < 4.78 is 0. The van der Waals surface area contributed by atoms with Crippen molar-refractivity contribution in [2.24, 2.45) is 5.92 Å². The first kappa shape index (κ1) is 16.0. The topological polar surface area (TPSA) is 75.4 Å². The molecule has 3 N–H and O–H groups in total. The zero-order valence-corrected chi connectivity index (χ0v) is 12.6. The van der Waals surface area contributed by atoms with Gasteiger partial charge in [0.05, 0.1) is 6.54 Å². The van der Waals surface area contributed by atoms with Crippen LogP contribution in [-0.4, -0.2) is 36.9 Å². The molecule has 110 valence electrons. The van der Waals surface area contributed by atoms with Gasteiger partial charge >= 0.3 is 0 Å². The van der Waals surface area contributed by atoms with Crippen molar-refractivity contribution in [3.8, 4) is 0 Å². The number of nitrogens with two attached hydrogens (primary N) is 1. The van der Waals surface area contributed by atoms with E-state index in [1.807, 2.05) is 20.8 Å². The molecule has 0 unspecified atom stereocenters. The van der Waals surface area contributed by atoms with Crippen LogP contribution < -0.4 is 11.1 Å². The molecule has 5 heteroatoms. The molecule has 0 aliphatic rings. The zero-order valence-electron chi connectivity index (χ0n) is 12.6. The number of benzene rings is 1. The number of nitrogens with one attached hydrogen (secondary N) is 1. The third kappa shape index (κ3) is 4.57. The van der Waals surface area contributed by atoms with Gasteiger partial charge in [0.2, 0.25) is 5.91 Å². The molecular formula is C15H23N3O2. The van der Waals surface area contributed by atoms with E-state index in [1.54, 1.807) is 25.2 Å². The van der Waals surface area contributed by atoms with Gasteiger partial charge < -0.3 is 16.0 Å². The standard InChI is InChI=1S/C15H23N3O2/c1-10(2)8-17-14(19)9-18(4)15(20)12-5-6-13(16)11(3)7-12/h5-7,10H,8-9,16H2,1-4H3,(H,17,19). The van der Waals surface area contributed by atoms with E-state index < -0.39 is 0 Å². The summed E-state index contributed by atoms with van der Waals surface area (Å²) in [5, 5.41) is 2.79. The summed E-state index contributed by atoms with van der Waals surface area (Å²) in [5.41, 5.74) is 7.77. The molecule has 0 aliphatic carbocycles. The number of amides is 2. The van der Waals surface area contributed by atoms with Crippen LogP contribution in [0.3, 0.4) is 0 Å². The third-order valence-electron chi connectivity index (χ3n) is 2.95. The molecule has 0 saturated heterocycles. The third-order valence-corrected chi connectivity index (χ3v) is 2.95. The Bertz CT molecular complexity index is 498. The van der Waals surface area contributed by atoms with Gasteiger partial charge in [-0.2, -0.15) is 0 Å². The molecule has 0 fully saturated rings. The summed E-state index contributed by atoms with van der Waals surface area (Å²) >= 11 is 0. The van der Waals surface area contributed by atoms with Crippen molar-refractivity contribution in [3.63, 3.8) is 0 Å². The SMILES string of the molecule is Cc1cc(C(=O)N(C)CC(=O)NCC(C)C)ccc1N. The van der Waals surface area contributed by atoms with Crippen LogP contribution in [0, 0.1) is 12.8 Å². The fourth-order valence-corrected chi connectivity index (χ4v) is 1.69. The van der Waals surface area contributed by atoms with E-state index in [-0.39, 0.29) is 18.4 Å². The maximum absolute atomic E-state index is 12.2. The van der Waals surface area contributed by atoms with Crippen LogP contribution >= 0.6 is 0 Å². The van der Waals surface area contributed by atoms with Gasteiger partial charge in [-0.25, -0.2) is 0 Å². The molecule has 20 heavy (non-hydrogen) atoms. The van der Waals surface area contributed by atoms with Gasteiger partial charge in [-0.05, 0) is 36.6 Å². The number of nitrogen functional groups attached to an aromatic ring is 1. The Morgan fingerprint density at radius 1 is 1.35 bits per heavy atom. The largest absolute Gasteiger partial charge is 0.399 e. The van der Waals surface area contributed by atoms with Gasteiger partial charge in [-0.3, -0.25) is 9.59 Å². The Hall–Kier alpha value is -2.04. The van der Waals surface area contributed by atoms with Gasteiger partial charge in [0.1, 0.15) is 0 Å². The summed E-state index contributed by atoms with van der Waals surface area (Å²) in [5.74, 6) is 0.0502. The number of carbonyl (C=O) groups excluding carboxylic acids is 2. The van der Waals surface area contributed by atoms with Gasteiger partial charge in [-0.15, -0.1) is 0 Å². The summed E-state index contributed by atoms with van der Waals surface area (Å²) in [7, 11) is 1.61. The number of nitrogens with zero attached hydrogens (tertiary/aromatic N) is 1. The van der Waals surface area contributed by atoms with E-state index >= 15 is 0 Å². The van der Waals surface area contributed by atoms with Crippen LogP contribution in [-0.2, 0) is 4.79 Å². The van der Waals surface area contributed by atoms with Crippen molar-refractivity contribution in [2.75, 3.05) is 25.9 Å². The van der Waals surface area contributed by atoms with Crippen molar-refractivity contribution in [2.45, 2.75) is 20.8 Å². The monoisotopic (exact) mass is 277 g/mol. The van der Waals surface area contributed by atoms with E-state index in [0.29, 0.717) is 23.7 Å². The lowest BCUT2D eigenvalue weighted by molar-refractivity contribution is -0.121. The fraction of sp³-hybridized carbons (Fsp3) is 0.467. The minimum Gasteiger partial charge on any atom is -0.399 e. The summed E-state index contributed by atoms with van der Waals surface area (Å²) in [6, 6.07) is 5.11. The fourth-order valence-electron chi connectivity index (χ4n) is 1.69. The summed E-state index contributed by atoms with van der Waals surface area (Å²) in [6.07, 6.45) is 0. The molecule has 0 aromatic heterocycles. The highest BCUT2D eigenvalue weighted by Crippen LogP contribution is 2.13. The van der Waals surface area contributed by atoms with E-state index in [1.165, 1.54) is 4.90 Å². The Balaban J connectivity index is 2.62. The quantitative estimate of drug-likeness (QED) is 0.799. The normalized spacial score (nSPS) is 10.4. The number of carbonyl (C=O) groups is 2. The molecule has 1 aromatic carbocycles. The highest BCUT2D eigenvalue weighted by molar-refractivity contribution is 5.96.